The van der Waals surface area contributed by atoms with Crippen molar-refractivity contribution in [2.75, 3.05) is 26.4 Å². The van der Waals surface area contributed by atoms with Crippen molar-refractivity contribution in [1.29, 1.82) is 0 Å². The van der Waals surface area contributed by atoms with Gasteiger partial charge < -0.3 is 18.1 Å². The smallest absolute Gasteiger partial charge is 0.308 e. The molecule has 0 aliphatic heterocycles. The largest absolute Gasteiger partial charge is 0.342 e. The molecule has 2 rings (SSSR count). The minimum Gasteiger partial charge on any atom is -0.308 e. The maximum absolute atomic E-state index is 14.1. The summed E-state index contributed by atoms with van der Waals surface area (Å²) in [5.74, 6) is -1.42. The van der Waals surface area contributed by atoms with Crippen molar-refractivity contribution in [1.82, 2.24) is 0 Å². The number of Topliss-reactive ketones (excluding diaryl/α,β-unsaturated/α-hetero) is 2. The molecule has 0 amide bonds. The number of carbonyl (C=O) groups excluding carboxylic acids is 2. The number of ketones is 2. The predicted octanol–water partition coefficient (Wildman–Crippen LogP) is 6.02. The van der Waals surface area contributed by atoms with Crippen LogP contribution in [0.5, 0.6) is 0 Å². The third-order valence-electron chi connectivity index (χ3n) is 4.87. The number of carbonyl (C=O) groups is 2. The molecule has 186 valence electrons. The van der Waals surface area contributed by atoms with E-state index in [1.165, 1.54) is 24.3 Å². The van der Waals surface area contributed by atoms with Gasteiger partial charge in [0.05, 0.1) is 26.4 Å². The van der Waals surface area contributed by atoms with Gasteiger partial charge in [-0.2, -0.15) is 0 Å². The van der Waals surface area contributed by atoms with E-state index in [1.54, 1.807) is 64.1 Å². The Morgan fingerprint density at radius 2 is 0.853 bits per heavy atom. The molecule has 0 aromatic heterocycles. The maximum atomic E-state index is 14.1. The van der Waals surface area contributed by atoms with Crippen LogP contribution in [0.2, 0.25) is 0 Å². The SMILES string of the molecule is CCOP(=O)(OCC)C(C(=O)c1ccccc1)C(C(=O)c1ccccc1)P(=O)(OCC)OCC. The monoisotopic (exact) mass is 510 g/mol. The van der Waals surface area contributed by atoms with Crippen LogP contribution >= 0.6 is 15.2 Å². The van der Waals surface area contributed by atoms with Crippen molar-refractivity contribution >= 4 is 26.8 Å². The first-order valence-corrected chi connectivity index (χ1v) is 14.5. The standard InChI is InChI=1S/C24H32O8P2/c1-5-29-33(27,30-6-2)23(21(25)19-15-11-9-12-16-19)24(34(28,31-7-3)32-8-4)22(26)20-17-13-10-14-18-20/h9-18,23-24H,5-8H2,1-4H3. The number of rotatable bonds is 15. The van der Waals surface area contributed by atoms with Gasteiger partial charge in [-0.3, -0.25) is 18.7 Å². The Bertz CT molecular complexity index is 922. The minimum atomic E-state index is -4.33. The normalized spacial score (nSPS) is 13.9. The second-order valence-electron chi connectivity index (χ2n) is 7.10. The average Bonchev–Trinajstić information content (AvgIpc) is 2.83. The molecule has 0 fully saturated rings. The highest BCUT2D eigenvalue weighted by molar-refractivity contribution is 7.61. The molecule has 2 aromatic rings. The molecule has 0 aliphatic rings. The summed E-state index contributed by atoms with van der Waals surface area (Å²) in [5.41, 5.74) is -3.19. The van der Waals surface area contributed by atoms with Crippen LogP contribution in [-0.4, -0.2) is 49.3 Å². The molecule has 8 nitrogen and oxygen atoms in total. The molecule has 0 bridgehead atoms. The Morgan fingerprint density at radius 3 is 1.09 bits per heavy atom. The second-order valence-corrected chi connectivity index (χ2v) is 11.4. The fourth-order valence-corrected chi connectivity index (χ4v) is 8.63. The first-order chi connectivity index (χ1) is 16.3. The molecule has 0 heterocycles. The summed E-state index contributed by atoms with van der Waals surface area (Å²) >= 11 is 0. The molecule has 10 heteroatoms. The van der Waals surface area contributed by atoms with E-state index >= 15 is 0 Å². The zero-order chi connectivity index (χ0) is 25.2. The van der Waals surface area contributed by atoms with Gasteiger partial charge in [0.2, 0.25) is 0 Å². The lowest BCUT2D eigenvalue weighted by molar-refractivity contribution is 0.0882. The van der Waals surface area contributed by atoms with Crippen molar-refractivity contribution in [2.24, 2.45) is 0 Å². The van der Waals surface area contributed by atoms with E-state index in [9.17, 15) is 18.7 Å². The molecular weight excluding hydrogens is 478 g/mol. The molecule has 34 heavy (non-hydrogen) atoms. The Kier molecular flexibility index (Phi) is 11.0. The summed E-state index contributed by atoms with van der Waals surface area (Å²) < 4.78 is 50.3. The van der Waals surface area contributed by atoms with Crippen LogP contribution in [0.15, 0.2) is 60.7 Å². The quantitative estimate of drug-likeness (QED) is 0.212. The summed E-state index contributed by atoms with van der Waals surface area (Å²) in [4.78, 5) is 27.7. The van der Waals surface area contributed by atoms with Gasteiger partial charge in [0.25, 0.3) is 0 Å². The van der Waals surface area contributed by atoms with Crippen LogP contribution in [0.25, 0.3) is 0 Å². The third kappa shape index (κ3) is 6.60. The highest BCUT2D eigenvalue weighted by atomic mass is 31.2. The molecule has 0 N–H and O–H groups in total. The lowest BCUT2D eigenvalue weighted by Gasteiger charge is -2.34. The fraction of sp³-hybridized carbons (Fsp3) is 0.417. The zero-order valence-corrected chi connectivity index (χ0v) is 21.7. The Labute approximate surface area is 201 Å². The molecule has 0 saturated heterocycles. The molecule has 0 spiro atoms. The van der Waals surface area contributed by atoms with Gasteiger partial charge in [0.15, 0.2) is 11.6 Å². The summed E-state index contributed by atoms with van der Waals surface area (Å²) in [6, 6.07) is 16.1. The van der Waals surface area contributed by atoms with Gasteiger partial charge in [0.1, 0.15) is 11.3 Å². The molecule has 0 aliphatic carbocycles. The summed E-state index contributed by atoms with van der Waals surface area (Å²) in [5, 5.41) is 0. The molecular formula is C24H32O8P2. The van der Waals surface area contributed by atoms with E-state index in [0.717, 1.165) is 0 Å². The van der Waals surface area contributed by atoms with Gasteiger partial charge in [-0.1, -0.05) is 60.7 Å². The van der Waals surface area contributed by atoms with Crippen molar-refractivity contribution in [3.05, 3.63) is 71.8 Å². The zero-order valence-electron chi connectivity index (χ0n) is 19.9. The van der Waals surface area contributed by atoms with Gasteiger partial charge >= 0.3 is 15.2 Å². The van der Waals surface area contributed by atoms with Crippen LogP contribution < -0.4 is 0 Å². The van der Waals surface area contributed by atoms with Gasteiger partial charge in [-0.25, -0.2) is 0 Å². The van der Waals surface area contributed by atoms with Gasteiger partial charge in [-0.05, 0) is 27.7 Å². The highest BCUT2D eigenvalue weighted by Gasteiger charge is 2.57. The lowest BCUT2D eigenvalue weighted by atomic mass is 10.0. The van der Waals surface area contributed by atoms with Crippen LogP contribution in [0, 0.1) is 0 Å². The molecule has 2 unspecified atom stereocenters. The maximum Gasteiger partial charge on any atom is 0.342 e. The second kappa shape index (κ2) is 13.2. The van der Waals surface area contributed by atoms with Crippen molar-refractivity contribution in [2.45, 2.75) is 39.0 Å². The molecule has 2 atom stereocenters. The molecule has 0 radical (unpaired) electrons. The Morgan fingerprint density at radius 1 is 0.588 bits per heavy atom. The number of benzene rings is 2. The summed E-state index contributed by atoms with van der Waals surface area (Å²) in [6.45, 7) is 6.13. The van der Waals surface area contributed by atoms with Gasteiger partial charge in [0, 0.05) is 11.1 Å². The fourth-order valence-electron chi connectivity index (χ4n) is 3.58. The van der Waals surface area contributed by atoms with Crippen LogP contribution in [-0.2, 0) is 27.2 Å². The van der Waals surface area contributed by atoms with E-state index in [2.05, 4.69) is 0 Å². The van der Waals surface area contributed by atoms with E-state index in [4.69, 9.17) is 18.1 Å². The Hall–Kier alpha value is -1.92. The van der Waals surface area contributed by atoms with Crippen molar-refractivity contribution in [3.63, 3.8) is 0 Å². The van der Waals surface area contributed by atoms with Crippen molar-refractivity contribution < 1.29 is 36.8 Å². The predicted molar refractivity (Wildman–Crippen MR) is 131 cm³/mol. The highest BCUT2D eigenvalue weighted by Crippen LogP contribution is 2.65. The first-order valence-electron chi connectivity index (χ1n) is 11.2. The van der Waals surface area contributed by atoms with Crippen LogP contribution in [0.3, 0.4) is 0 Å². The summed E-state index contributed by atoms with van der Waals surface area (Å²) in [7, 11) is -8.66. The van der Waals surface area contributed by atoms with Crippen molar-refractivity contribution in [3.8, 4) is 0 Å². The van der Waals surface area contributed by atoms with E-state index in [1.807, 2.05) is 0 Å². The van der Waals surface area contributed by atoms with E-state index in [0.29, 0.717) is 0 Å². The molecule has 0 saturated carbocycles. The summed E-state index contributed by atoms with van der Waals surface area (Å²) in [6.07, 6.45) is 0. The van der Waals surface area contributed by atoms with Crippen LogP contribution in [0.1, 0.15) is 48.4 Å². The number of hydrogen-bond acceptors (Lipinski definition) is 8. The Balaban J connectivity index is 2.85. The number of hydrogen-bond donors (Lipinski definition) is 0. The topological polar surface area (TPSA) is 105 Å². The van der Waals surface area contributed by atoms with E-state index in [-0.39, 0.29) is 37.6 Å². The average molecular weight is 510 g/mol. The first kappa shape index (κ1) is 28.3. The minimum absolute atomic E-state index is 0.0599. The van der Waals surface area contributed by atoms with E-state index < -0.39 is 38.1 Å². The third-order valence-corrected chi connectivity index (χ3v) is 10.0. The lowest BCUT2D eigenvalue weighted by Crippen LogP contribution is -2.42. The van der Waals surface area contributed by atoms with Gasteiger partial charge in [-0.15, -0.1) is 0 Å². The van der Waals surface area contributed by atoms with Crippen LogP contribution in [0.4, 0.5) is 0 Å². The molecule has 2 aromatic carbocycles.